The highest BCUT2D eigenvalue weighted by Crippen LogP contribution is 2.39. The fraction of sp³-hybridized carbons (Fsp3) is 0.480. The van der Waals surface area contributed by atoms with Crippen molar-refractivity contribution in [3.8, 4) is 0 Å². The molecule has 2 aliphatic rings. The van der Waals surface area contributed by atoms with E-state index in [-0.39, 0.29) is 23.8 Å². The third-order valence-corrected chi connectivity index (χ3v) is 7.62. The number of aryl methyl sites for hydroxylation is 1. The predicted molar refractivity (Wildman–Crippen MR) is 126 cm³/mol. The van der Waals surface area contributed by atoms with Gasteiger partial charge in [0.15, 0.2) is 11.6 Å². The zero-order chi connectivity index (χ0) is 22.8. The Labute approximate surface area is 198 Å². The predicted octanol–water partition coefficient (Wildman–Crippen LogP) is 7.63. The molecule has 3 atom stereocenters. The molecule has 7 heteroatoms. The molecule has 4 rings (SSSR count). The van der Waals surface area contributed by atoms with Crippen molar-refractivity contribution < 1.29 is 13.6 Å². The van der Waals surface area contributed by atoms with Crippen LogP contribution >= 0.6 is 23.2 Å². The first-order valence-electron chi connectivity index (χ1n) is 11.4. The molecule has 1 N–H and O–H groups in total. The van der Waals surface area contributed by atoms with Crippen molar-refractivity contribution in [3.63, 3.8) is 0 Å². The quantitative estimate of drug-likeness (QED) is 0.468. The second kappa shape index (κ2) is 9.96. The van der Waals surface area contributed by atoms with Crippen LogP contribution in [0.3, 0.4) is 0 Å². The van der Waals surface area contributed by atoms with E-state index in [1.807, 2.05) is 17.0 Å². The summed E-state index contributed by atoms with van der Waals surface area (Å²) in [5.74, 6) is -1.40. The number of amides is 2. The van der Waals surface area contributed by atoms with Crippen LogP contribution in [0.5, 0.6) is 0 Å². The lowest BCUT2D eigenvalue weighted by atomic mass is 9.87. The van der Waals surface area contributed by atoms with Crippen molar-refractivity contribution in [1.29, 1.82) is 0 Å². The summed E-state index contributed by atoms with van der Waals surface area (Å²) >= 11 is 13.0. The molecule has 2 saturated heterocycles. The molecular weight excluding hydrogens is 453 g/mol. The van der Waals surface area contributed by atoms with Gasteiger partial charge in [0.25, 0.3) is 0 Å². The smallest absolute Gasteiger partial charge is 0.319 e. The first kappa shape index (κ1) is 23.3. The van der Waals surface area contributed by atoms with E-state index >= 15 is 0 Å². The van der Waals surface area contributed by atoms with Crippen LogP contribution in [0.2, 0.25) is 10.0 Å². The van der Waals surface area contributed by atoms with Crippen LogP contribution in [0.1, 0.15) is 56.6 Å². The lowest BCUT2D eigenvalue weighted by Gasteiger charge is -2.29. The van der Waals surface area contributed by atoms with E-state index in [0.29, 0.717) is 5.92 Å². The van der Waals surface area contributed by atoms with Crippen molar-refractivity contribution in [2.45, 2.75) is 70.4 Å². The van der Waals surface area contributed by atoms with E-state index in [4.69, 9.17) is 23.2 Å². The molecule has 0 aromatic heterocycles. The van der Waals surface area contributed by atoms with E-state index in [2.05, 4.69) is 12.2 Å². The van der Waals surface area contributed by atoms with Gasteiger partial charge < -0.3 is 10.2 Å². The maximum absolute atomic E-state index is 13.5. The summed E-state index contributed by atoms with van der Waals surface area (Å²) in [6, 6.07) is 7.55. The van der Waals surface area contributed by atoms with Crippen LogP contribution in [-0.4, -0.2) is 23.0 Å². The van der Waals surface area contributed by atoms with E-state index in [0.717, 1.165) is 84.7 Å². The molecule has 2 bridgehead atoms. The third-order valence-electron chi connectivity index (χ3n) is 6.95. The number of fused-ring (bicyclic) bond motifs is 2. The molecule has 2 aromatic rings. The van der Waals surface area contributed by atoms with Gasteiger partial charge in [0.2, 0.25) is 0 Å². The molecule has 2 fully saturated rings. The Morgan fingerprint density at radius 3 is 2.41 bits per heavy atom. The average molecular weight is 481 g/mol. The fourth-order valence-electron chi connectivity index (χ4n) is 5.21. The van der Waals surface area contributed by atoms with Crippen LogP contribution in [0.15, 0.2) is 30.3 Å². The Morgan fingerprint density at radius 1 is 1.03 bits per heavy atom. The Hall–Kier alpha value is -1.85. The summed E-state index contributed by atoms with van der Waals surface area (Å²) in [6.45, 7) is 2.08. The number of carbonyl (C=O) groups is 1. The summed E-state index contributed by atoms with van der Waals surface area (Å²) in [4.78, 5) is 14.9. The molecule has 0 radical (unpaired) electrons. The van der Waals surface area contributed by atoms with E-state index in [9.17, 15) is 13.6 Å². The van der Waals surface area contributed by atoms with Gasteiger partial charge in [-0.15, -0.1) is 0 Å². The second-order valence-electron chi connectivity index (χ2n) is 8.96. The number of rotatable bonds is 5. The highest BCUT2D eigenvalue weighted by molar-refractivity contribution is 6.36. The Kier molecular flexibility index (Phi) is 7.26. The minimum atomic E-state index is -0.967. The SMILES string of the molecule is CCc1cc(Cl)c(CCC2CCC3CCC(C2)N3C(=O)Nc2ccc(F)c(F)c2)c(Cl)c1. The number of urea groups is 1. The largest absolute Gasteiger partial charge is 0.322 e. The normalized spacial score (nSPS) is 22.7. The maximum atomic E-state index is 13.5. The molecule has 0 saturated carbocycles. The Bertz CT molecular complexity index is 977. The van der Waals surface area contributed by atoms with Gasteiger partial charge in [0, 0.05) is 33.9 Å². The van der Waals surface area contributed by atoms with Crippen molar-refractivity contribution >= 4 is 34.9 Å². The molecule has 0 aliphatic carbocycles. The van der Waals surface area contributed by atoms with Gasteiger partial charge >= 0.3 is 6.03 Å². The van der Waals surface area contributed by atoms with Gasteiger partial charge in [-0.25, -0.2) is 13.6 Å². The van der Waals surface area contributed by atoms with Crippen molar-refractivity contribution in [1.82, 2.24) is 4.90 Å². The number of benzene rings is 2. The fourth-order valence-corrected chi connectivity index (χ4v) is 5.93. The van der Waals surface area contributed by atoms with Gasteiger partial charge in [-0.1, -0.05) is 30.1 Å². The maximum Gasteiger partial charge on any atom is 0.322 e. The first-order valence-corrected chi connectivity index (χ1v) is 12.1. The van der Waals surface area contributed by atoms with Crippen LogP contribution in [0, 0.1) is 17.6 Å². The number of halogens is 4. The third kappa shape index (κ3) is 5.04. The van der Waals surface area contributed by atoms with Crippen LogP contribution in [0.4, 0.5) is 19.3 Å². The van der Waals surface area contributed by atoms with E-state index in [1.165, 1.54) is 6.07 Å². The van der Waals surface area contributed by atoms with Crippen molar-refractivity contribution in [3.05, 3.63) is 63.1 Å². The molecule has 3 nitrogen and oxygen atoms in total. The van der Waals surface area contributed by atoms with Gasteiger partial charge in [-0.3, -0.25) is 0 Å². The summed E-state index contributed by atoms with van der Waals surface area (Å²) in [6.07, 6.45) is 7.59. The number of hydrogen-bond donors (Lipinski definition) is 1. The highest BCUT2D eigenvalue weighted by atomic mass is 35.5. The molecule has 172 valence electrons. The van der Waals surface area contributed by atoms with Crippen molar-refractivity contribution in [2.24, 2.45) is 5.92 Å². The minimum absolute atomic E-state index is 0.159. The average Bonchev–Trinajstić information content (AvgIpc) is 3.05. The minimum Gasteiger partial charge on any atom is -0.319 e. The standard InChI is InChI=1S/C25H28Cl2F2N2O/c1-2-15-12-21(26)20(22(27)13-15)9-4-16-3-6-18-7-8-19(11-16)31(18)25(32)30-17-5-10-23(28)24(29)14-17/h5,10,12-14,16,18-19H,2-4,6-9,11H2,1H3,(H,30,32). The molecule has 3 unspecified atom stereocenters. The number of hydrogen-bond acceptors (Lipinski definition) is 1. The first-order chi connectivity index (χ1) is 15.4. The summed E-state index contributed by atoms with van der Waals surface area (Å²) < 4.78 is 26.7. The molecule has 2 aromatic carbocycles. The lowest BCUT2D eigenvalue weighted by Crippen LogP contribution is -2.43. The van der Waals surface area contributed by atoms with E-state index in [1.54, 1.807) is 0 Å². The zero-order valence-corrected chi connectivity index (χ0v) is 19.7. The van der Waals surface area contributed by atoms with Gasteiger partial charge in [-0.2, -0.15) is 0 Å². The monoisotopic (exact) mass is 480 g/mol. The molecule has 2 aliphatic heterocycles. The molecule has 2 heterocycles. The highest BCUT2D eigenvalue weighted by Gasteiger charge is 2.40. The van der Waals surface area contributed by atoms with Crippen LogP contribution < -0.4 is 5.32 Å². The Morgan fingerprint density at radius 2 is 1.72 bits per heavy atom. The Balaban J connectivity index is 1.40. The van der Waals surface area contributed by atoms with Gasteiger partial charge in [0.05, 0.1) is 0 Å². The number of nitrogens with zero attached hydrogens (tertiary/aromatic N) is 1. The van der Waals surface area contributed by atoms with Gasteiger partial charge in [-0.05, 0) is 92.7 Å². The number of nitrogens with one attached hydrogen (secondary N) is 1. The summed E-state index contributed by atoms with van der Waals surface area (Å²) in [5.41, 5.74) is 2.42. The van der Waals surface area contributed by atoms with Gasteiger partial charge in [0.1, 0.15) is 0 Å². The second-order valence-corrected chi connectivity index (χ2v) is 9.78. The summed E-state index contributed by atoms with van der Waals surface area (Å²) in [7, 11) is 0. The summed E-state index contributed by atoms with van der Waals surface area (Å²) in [5, 5.41) is 4.22. The molecule has 32 heavy (non-hydrogen) atoms. The molecule has 0 spiro atoms. The zero-order valence-electron chi connectivity index (χ0n) is 18.1. The van der Waals surface area contributed by atoms with Crippen molar-refractivity contribution in [2.75, 3.05) is 5.32 Å². The van der Waals surface area contributed by atoms with Crippen LogP contribution in [-0.2, 0) is 12.8 Å². The molecular formula is C25H28Cl2F2N2O. The lowest BCUT2D eigenvalue weighted by molar-refractivity contribution is 0.185. The van der Waals surface area contributed by atoms with E-state index < -0.39 is 11.6 Å². The van der Waals surface area contributed by atoms with Crippen LogP contribution in [0.25, 0.3) is 0 Å². The number of carbonyl (C=O) groups excluding carboxylic acids is 1. The number of anilines is 1. The molecule has 2 amide bonds. The topological polar surface area (TPSA) is 32.3 Å².